The highest BCUT2D eigenvalue weighted by Gasteiger charge is 2.32. The summed E-state index contributed by atoms with van der Waals surface area (Å²) < 4.78 is 0. The Morgan fingerprint density at radius 1 is 1.12 bits per heavy atom. The van der Waals surface area contributed by atoms with Crippen LogP contribution in [0.5, 0.6) is 0 Å². The number of aromatic nitrogens is 1. The number of fused-ring (bicyclic) bond motifs is 1. The average Bonchev–Trinajstić information content (AvgIpc) is 3.07. The zero-order chi connectivity index (χ0) is 16.5. The lowest BCUT2D eigenvalue weighted by atomic mass is 10.0. The lowest BCUT2D eigenvalue weighted by Crippen LogP contribution is -2.47. The smallest absolute Gasteiger partial charge is 0.317 e. The van der Waals surface area contributed by atoms with E-state index in [1.54, 1.807) is 12.4 Å². The lowest BCUT2D eigenvalue weighted by molar-refractivity contribution is 0.0667. The monoisotopic (exact) mass is 324 g/mol. The molecule has 2 aliphatic heterocycles. The number of piperidine rings is 1. The molecular weight excluding hydrogens is 304 g/mol. The molecule has 1 aromatic carbocycles. The van der Waals surface area contributed by atoms with Gasteiger partial charge in [0, 0.05) is 50.0 Å². The van der Waals surface area contributed by atoms with Crippen LogP contribution in [0.1, 0.15) is 23.2 Å². The molecule has 2 saturated heterocycles. The van der Waals surface area contributed by atoms with Crippen LogP contribution >= 0.6 is 0 Å². The molecule has 0 radical (unpaired) electrons. The van der Waals surface area contributed by atoms with E-state index >= 15 is 0 Å². The first-order valence-electron chi connectivity index (χ1n) is 8.40. The lowest BCUT2D eigenvalue weighted by Gasteiger charge is -2.36. The quantitative estimate of drug-likeness (QED) is 0.917. The van der Waals surface area contributed by atoms with Gasteiger partial charge in [-0.3, -0.25) is 9.78 Å². The van der Waals surface area contributed by atoms with Gasteiger partial charge in [-0.25, -0.2) is 4.79 Å². The van der Waals surface area contributed by atoms with E-state index in [-0.39, 0.29) is 18.0 Å². The zero-order valence-corrected chi connectivity index (χ0v) is 13.4. The Hall–Kier alpha value is -2.63. The maximum absolute atomic E-state index is 12.9. The number of likely N-dealkylation sites (tertiary alicyclic amines) is 1. The fraction of sp³-hybridized carbons (Fsp3) is 0.389. The second kappa shape index (κ2) is 6.11. The van der Waals surface area contributed by atoms with Gasteiger partial charge < -0.3 is 15.1 Å². The molecule has 0 bridgehead atoms. The Kier molecular flexibility index (Phi) is 3.80. The number of nitrogens with one attached hydrogen (secondary N) is 1. The molecule has 3 heterocycles. The summed E-state index contributed by atoms with van der Waals surface area (Å²) in [5, 5.41) is 4.77. The van der Waals surface area contributed by atoms with Crippen LogP contribution in [0.25, 0.3) is 10.8 Å². The summed E-state index contributed by atoms with van der Waals surface area (Å²) in [7, 11) is 0. The molecule has 0 unspecified atom stereocenters. The Morgan fingerprint density at radius 2 is 1.92 bits per heavy atom. The molecule has 4 rings (SSSR count). The number of benzene rings is 1. The molecule has 0 aliphatic carbocycles. The van der Waals surface area contributed by atoms with Crippen molar-refractivity contribution in [3.8, 4) is 0 Å². The molecule has 1 aromatic heterocycles. The van der Waals surface area contributed by atoms with Gasteiger partial charge in [0.05, 0.1) is 5.56 Å². The highest BCUT2D eigenvalue weighted by atomic mass is 16.2. The fourth-order valence-electron chi connectivity index (χ4n) is 3.67. The number of nitrogens with zero attached hydrogens (tertiary/aromatic N) is 3. The van der Waals surface area contributed by atoms with Crippen LogP contribution in [-0.4, -0.2) is 58.9 Å². The summed E-state index contributed by atoms with van der Waals surface area (Å²) in [5.74, 6) is 0.0311. The molecule has 24 heavy (non-hydrogen) atoms. The van der Waals surface area contributed by atoms with Gasteiger partial charge in [-0.2, -0.15) is 0 Å². The molecule has 2 aromatic rings. The first kappa shape index (κ1) is 14.9. The van der Waals surface area contributed by atoms with Crippen molar-refractivity contribution < 1.29 is 9.59 Å². The third kappa shape index (κ3) is 2.58. The summed E-state index contributed by atoms with van der Waals surface area (Å²) in [6, 6.07) is 8.09. The molecule has 2 fully saturated rings. The molecular formula is C18H20N4O2. The van der Waals surface area contributed by atoms with Gasteiger partial charge >= 0.3 is 6.03 Å². The standard InChI is InChI=1S/C18H20N4O2/c23-17(16-12-19-11-13-3-1-2-4-15(13)16)21-8-5-14(6-9-21)22-10-7-20-18(22)24/h1-4,11-12,14H,5-10H2,(H,20,24). The molecule has 3 amide bonds. The van der Waals surface area contributed by atoms with Crippen LogP contribution in [0.4, 0.5) is 4.79 Å². The SMILES string of the molecule is O=C(c1cncc2ccccc12)N1CCC(N2CCNC2=O)CC1. The molecule has 1 N–H and O–H groups in total. The second-order valence-electron chi connectivity index (χ2n) is 6.36. The third-order valence-electron chi connectivity index (χ3n) is 4.98. The van der Waals surface area contributed by atoms with Crippen LogP contribution < -0.4 is 5.32 Å². The van der Waals surface area contributed by atoms with Gasteiger partial charge in [-0.15, -0.1) is 0 Å². The summed E-state index contributed by atoms with van der Waals surface area (Å²) in [4.78, 5) is 32.7. The van der Waals surface area contributed by atoms with Crippen LogP contribution in [0.2, 0.25) is 0 Å². The largest absolute Gasteiger partial charge is 0.338 e. The Balaban J connectivity index is 1.49. The van der Waals surface area contributed by atoms with Crippen molar-refractivity contribution in [3.05, 3.63) is 42.2 Å². The Labute approximate surface area is 140 Å². The molecule has 0 saturated carbocycles. The summed E-state index contributed by atoms with van der Waals surface area (Å²) in [5.41, 5.74) is 0.658. The van der Waals surface area contributed by atoms with E-state index in [1.807, 2.05) is 34.1 Å². The molecule has 124 valence electrons. The minimum Gasteiger partial charge on any atom is -0.338 e. The van der Waals surface area contributed by atoms with E-state index in [0.717, 1.165) is 36.7 Å². The number of rotatable bonds is 2. The van der Waals surface area contributed by atoms with E-state index in [1.165, 1.54) is 0 Å². The van der Waals surface area contributed by atoms with Crippen molar-refractivity contribution in [1.82, 2.24) is 20.1 Å². The number of hydrogen-bond acceptors (Lipinski definition) is 3. The van der Waals surface area contributed by atoms with Crippen molar-refractivity contribution >= 4 is 22.7 Å². The Bertz CT molecular complexity index is 778. The van der Waals surface area contributed by atoms with Gasteiger partial charge in [0.2, 0.25) is 0 Å². The van der Waals surface area contributed by atoms with E-state index in [0.29, 0.717) is 18.7 Å². The minimum atomic E-state index is 0.0260. The summed E-state index contributed by atoms with van der Waals surface area (Å²) >= 11 is 0. The minimum absolute atomic E-state index is 0.0260. The molecule has 0 atom stereocenters. The van der Waals surface area contributed by atoms with Gasteiger partial charge in [0.25, 0.3) is 5.91 Å². The van der Waals surface area contributed by atoms with Crippen molar-refractivity contribution in [1.29, 1.82) is 0 Å². The zero-order valence-electron chi connectivity index (χ0n) is 13.4. The summed E-state index contributed by atoms with van der Waals surface area (Å²) in [6.45, 7) is 2.84. The number of hydrogen-bond donors (Lipinski definition) is 1. The van der Waals surface area contributed by atoms with Crippen molar-refractivity contribution in [2.45, 2.75) is 18.9 Å². The Morgan fingerprint density at radius 3 is 2.67 bits per heavy atom. The highest BCUT2D eigenvalue weighted by Crippen LogP contribution is 2.23. The predicted octanol–water partition coefficient (Wildman–Crippen LogP) is 1.86. The maximum Gasteiger partial charge on any atom is 0.317 e. The van der Waals surface area contributed by atoms with Crippen LogP contribution in [0.15, 0.2) is 36.7 Å². The molecule has 6 heteroatoms. The number of carbonyl (C=O) groups is 2. The maximum atomic E-state index is 12.9. The third-order valence-corrected chi connectivity index (χ3v) is 4.98. The van der Waals surface area contributed by atoms with E-state index < -0.39 is 0 Å². The number of urea groups is 1. The number of carbonyl (C=O) groups excluding carboxylic acids is 2. The van der Waals surface area contributed by atoms with Gasteiger partial charge in [0.1, 0.15) is 0 Å². The average molecular weight is 324 g/mol. The van der Waals surface area contributed by atoms with Crippen LogP contribution in [0.3, 0.4) is 0 Å². The first-order valence-corrected chi connectivity index (χ1v) is 8.40. The number of pyridine rings is 1. The first-order chi connectivity index (χ1) is 11.7. The second-order valence-corrected chi connectivity index (χ2v) is 6.36. The highest BCUT2D eigenvalue weighted by molar-refractivity contribution is 6.06. The van der Waals surface area contributed by atoms with E-state index in [4.69, 9.17) is 0 Å². The van der Waals surface area contributed by atoms with Gasteiger partial charge in [0.15, 0.2) is 0 Å². The van der Waals surface area contributed by atoms with E-state index in [2.05, 4.69) is 10.3 Å². The summed E-state index contributed by atoms with van der Waals surface area (Å²) in [6.07, 6.45) is 5.10. The van der Waals surface area contributed by atoms with Crippen LogP contribution in [-0.2, 0) is 0 Å². The predicted molar refractivity (Wildman–Crippen MR) is 90.8 cm³/mol. The normalized spacial score (nSPS) is 18.9. The van der Waals surface area contributed by atoms with Crippen molar-refractivity contribution in [2.24, 2.45) is 0 Å². The molecule has 2 aliphatic rings. The van der Waals surface area contributed by atoms with Crippen LogP contribution in [0, 0.1) is 0 Å². The molecule has 6 nitrogen and oxygen atoms in total. The van der Waals surface area contributed by atoms with E-state index in [9.17, 15) is 9.59 Å². The number of amides is 3. The fourth-order valence-corrected chi connectivity index (χ4v) is 3.67. The topological polar surface area (TPSA) is 65.5 Å². The molecule has 0 spiro atoms. The van der Waals surface area contributed by atoms with Crippen molar-refractivity contribution in [2.75, 3.05) is 26.2 Å². The van der Waals surface area contributed by atoms with Gasteiger partial charge in [-0.05, 0) is 18.2 Å². The van der Waals surface area contributed by atoms with Gasteiger partial charge in [-0.1, -0.05) is 24.3 Å². The van der Waals surface area contributed by atoms with Crippen molar-refractivity contribution in [3.63, 3.8) is 0 Å².